The van der Waals surface area contributed by atoms with E-state index in [2.05, 4.69) is 27.2 Å². The van der Waals surface area contributed by atoms with Crippen LogP contribution in [-0.2, 0) is 4.79 Å². The third-order valence-corrected chi connectivity index (χ3v) is 5.27. The summed E-state index contributed by atoms with van der Waals surface area (Å²) in [5, 5.41) is 3.89. The van der Waals surface area contributed by atoms with Crippen molar-refractivity contribution in [2.24, 2.45) is 5.92 Å². The molecule has 2 fully saturated rings. The summed E-state index contributed by atoms with van der Waals surface area (Å²) in [6, 6.07) is 8.06. The van der Waals surface area contributed by atoms with Gasteiger partial charge in [-0.25, -0.2) is 0 Å². The topological polar surface area (TPSA) is 35.6 Å². The molecule has 1 aliphatic heterocycles. The van der Waals surface area contributed by atoms with E-state index in [1.54, 1.807) is 0 Å². The highest BCUT2D eigenvalue weighted by molar-refractivity contribution is 6.30. The number of halogens is 1. The predicted molar refractivity (Wildman–Crippen MR) is 95.1 cm³/mol. The van der Waals surface area contributed by atoms with Crippen molar-refractivity contribution in [1.29, 1.82) is 0 Å². The third kappa shape index (κ3) is 4.61. The lowest BCUT2D eigenvalue weighted by molar-refractivity contribution is -0.124. The average Bonchev–Trinajstić information content (AvgIpc) is 3.11. The van der Waals surface area contributed by atoms with Gasteiger partial charge in [-0.15, -0.1) is 0 Å². The van der Waals surface area contributed by atoms with Gasteiger partial charge in [-0.2, -0.15) is 0 Å². The molecule has 0 bridgehead atoms. The largest absolute Gasteiger partial charge is 0.369 e. The minimum atomic E-state index is 0.266. The van der Waals surface area contributed by atoms with Gasteiger partial charge in [0.2, 0.25) is 5.91 Å². The zero-order valence-electron chi connectivity index (χ0n) is 13.6. The highest BCUT2D eigenvalue weighted by atomic mass is 35.5. The van der Waals surface area contributed by atoms with E-state index < -0.39 is 0 Å². The van der Waals surface area contributed by atoms with E-state index in [1.807, 2.05) is 12.1 Å². The molecule has 126 valence electrons. The summed E-state index contributed by atoms with van der Waals surface area (Å²) in [4.78, 5) is 16.8. The maximum atomic E-state index is 12.0. The van der Waals surface area contributed by atoms with Crippen molar-refractivity contribution in [3.63, 3.8) is 0 Å². The van der Waals surface area contributed by atoms with Crippen molar-refractivity contribution >= 4 is 23.2 Å². The zero-order valence-corrected chi connectivity index (χ0v) is 14.4. The fourth-order valence-corrected chi connectivity index (χ4v) is 3.68. The van der Waals surface area contributed by atoms with Crippen molar-refractivity contribution in [3.05, 3.63) is 29.3 Å². The molecule has 0 atom stereocenters. The molecule has 1 heterocycles. The van der Waals surface area contributed by atoms with Crippen molar-refractivity contribution in [2.75, 3.05) is 44.2 Å². The van der Waals surface area contributed by atoms with Crippen LogP contribution in [0.3, 0.4) is 0 Å². The first-order valence-electron chi connectivity index (χ1n) is 8.73. The van der Waals surface area contributed by atoms with Crippen molar-refractivity contribution in [2.45, 2.75) is 25.7 Å². The highest BCUT2D eigenvalue weighted by Crippen LogP contribution is 2.24. The summed E-state index contributed by atoms with van der Waals surface area (Å²) in [6.07, 6.45) is 4.58. The molecule has 1 aromatic carbocycles. The molecule has 1 saturated heterocycles. The summed E-state index contributed by atoms with van der Waals surface area (Å²) < 4.78 is 0. The number of anilines is 1. The number of benzene rings is 1. The van der Waals surface area contributed by atoms with Crippen molar-refractivity contribution < 1.29 is 4.79 Å². The smallest absolute Gasteiger partial charge is 0.223 e. The molecule has 3 rings (SSSR count). The monoisotopic (exact) mass is 335 g/mol. The van der Waals surface area contributed by atoms with Crippen LogP contribution in [0.1, 0.15) is 25.7 Å². The Kier molecular flexibility index (Phi) is 5.79. The highest BCUT2D eigenvalue weighted by Gasteiger charge is 2.22. The number of carbonyl (C=O) groups is 1. The molecular weight excluding hydrogens is 310 g/mol. The molecule has 23 heavy (non-hydrogen) atoms. The van der Waals surface area contributed by atoms with Crippen LogP contribution in [0.15, 0.2) is 24.3 Å². The van der Waals surface area contributed by atoms with Crippen LogP contribution < -0.4 is 10.2 Å². The van der Waals surface area contributed by atoms with E-state index in [0.717, 1.165) is 57.1 Å². The summed E-state index contributed by atoms with van der Waals surface area (Å²) in [7, 11) is 0. The van der Waals surface area contributed by atoms with Gasteiger partial charge in [0.05, 0.1) is 0 Å². The Morgan fingerprint density at radius 2 is 1.74 bits per heavy atom. The van der Waals surface area contributed by atoms with E-state index in [0.29, 0.717) is 0 Å². The van der Waals surface area contributed by atoms with Gasteiger partial charge in [-0.1, -0.05) is 24.4 Å². The number of carbonyl (C=O) groups excluding carboxylic acids is 1. The molecule has 2 aliphatic rings. The Morgan fingerprint density at radius 3 is 2.39 bits per heavy atom. The first-order chi connectivity index (χ1) is 11.2. The quantitative estimate of drug-likeness (QED) is 0.898. The van der Waals surface area contributed by atoms with Crippen LogP contribution in [0.2, 0.25) is 5.02 Å². The van der Waals surface area contributed by atoms with Gasteiger partial charge in [-0.05, 0) is 37.1 Å². The maximum Gasteiger partial charge on any atom is 0.223 e. The molecule has 1 aliphatic carbocycles. The molecule has 5 heteroatoms. The predicted octanol–water partition coefficient (Wildman–Crippen LogP) is 2.77. The molecule has 1 saturated carbocycles. The van der Waals surface area contributed by atoms with Crippen molar-refractivity contribution in [3.8, 4) is 0 Å². The summed E-state index contributed by atoms with van der Waals surface area (Å²) in [5.41, 5.74) is 1.24. The Labute approximate surface area is 143 Å². The van der Waals surface area contributed by atoms with Gasteiger partial charge in [0.1, 0.15) is 0 Å². The fraction of sp³-hybridized carbons (Fsp3) is 0.611. The molecule has 1 aromatic rings. The van der Waals surface area contributed by atoms with Crippen LogP contribution in [-0.4, -0.2) is 50.1 Å². The second kappa shape index (κ2) is 8.02. The lowest BCUT2D eigenvalue weighted by Crippen LogP contribution is -2.48. The molecule has 0 unspecified atom stereocenters. The standard InChI is InChI=1S/C18H26ClN3O/c19-16-5-7-17(8-6-16)22-13-11-21(12-14-22)10-9-20-18(23)15-3-1-2-4-15/h5-8,15H,1-4,9-14H2,(H,20,23). The van der Waals surface area contributed by atoms with Gasteiger partial charge in [0.15, 0.2) is 0 Å². The number of piperazine rings is 1. The van der Waals surface area contributed by atoms with Gasteiger partial charge < -0.3 is 10.2 Å². The Balaban J connectivity index is 1.36. The molecule has 1 amide bonds. The minimum absolute atomic E-state index is 0.266. The van der Waals surface area contributed by atoms with Gasteiger partial charge in [-0.3, -0.25) is 9.69 Å². The first kappa shape index (κ1) is 16.6. The number of hydrogen-bond donors (Lipinski definition) is 1. The van der Waals surface area contributed by atoms with E-state index in [4.69, 9.17) is 11.6 Å². The molecule has 4 nitrogen and oxygen atoms in total. The van der Waals surface area contributed by atoms with Gasteiger partial charge >= 0.3 is 0 Å². The van der Waals surface area contributed by atoms with Crippen LogP contribution in [0.4, 0.5) is 5.69 Å². The first-order valence-corrected chi connectivity index (χ1v) is 9.11. The zero-order chi connectivity index (χ0) is 16.1. The Bertz CT molecular complexity index is 506. The second-order valence-corrected chi connectivity index (χ2v) is 7.01. The number of amides is 1. The van der Waals surface area contributed by atoms with E-state index in [-0.39, 0.29) is 11.8 Å². The van der Waals surface area contributed by atoms with Gasteiger partial charge in [0, 0.05) is 55.9 Å². The van der Waals surface area contributed by atoms with E-state index in [1.165, 1.54) is 18.5 Å². The summed E-state index contributed by atoms with van der Waals surface area (Å²) in [5.74, 6) is 0.541. The van der Waals surface area contributed by atoms with Crippen LogP contribution in [0.25, 0.3) is 0 Å². The van der Waals surface area contributed by atoms with Gasteiger partial charge in [0.25, 0.3) is 0 Å². The SMILES string of the molecule is O=C(NCCN1CCN(c2ccc(Cl)cc2)CC1)C1CCCC1. The maximum absolute atomic E-state index is 12.0. The molecule has 0 spiro atoms. The number of hydrogen-bond acceptors (Lipinski definition) is 3. The lowest BCUT2D eigenvalue weighted by Gasteiger charge is -2.36. The van der Waals surface area contributed by atoms with Crippen LogP contribution in [0.5, 0.6) is 0 Å². The molecule has 0 radical (unpaired) electrons. The molecular formula is C18H26ClN3O. The lowest BCUT2D eigenvalue weighted by atomic mass is 10.1. The van der Waals surface area contributed by atoms with Crippen LogP contribution >= 0.6 is 11.6 Å². The second-order valence-electron chi connectivity index (χ2n) is 6.58. The summed E-state index contributed by atoms with van der Waals surface area (Å²) >= 11 is 5.94. The third-order valence-electron chi connectivity index (χ3n) is 5.02. The average molecular weight is 336 g/mol. The van der Waals surface area contributed by atoms with E-state index >= 15 is 0 Å². The number of rotatable bonds is 5. The Hall–Kier alpha value is -1.26. The Morgan fingerprint density at radius 1 is 1.09 bits per heavy atom. The number of nitrogens with one attached hydrogen (secondary N) is 1. The van der Waals surface area contributed by atoms with E-state index in [9.17, 15) is 4.79 Å². The van der Waals surface area contributed by atoms with Crippen LogP contribution in [0, 0.1) is 5.92 Å². The van der Waals surface area contributed by atoms with Crippen molar-refractivity contribution in [1.82, 2.24) is 10.2 Å². The number of nitrogens with zero attached hydrogens (tertiary/aromatic N) is 2. The summed E-state index contributed by atoms with van der Waals surface area (Å²) in [6.45, 7) is 5.86. The normalized spacial score (nSPS) is 20.0. The minimum Gasteiger partial charge on any atom is -0.369 e. The molecule has 1 N–H and O–H groups in total. The molecule has 0 aromatic heterocycles. The fourth-order valence-electron chi connectivity index (χ4n) is 3.55.